The molecule has 1 saturated heterocycles. The summed E-state index contributed by atoms with van der Waals surface area (Å²) in [4.78, 5) is 12.0. The van der Waals surface area contributed by atoms with Crippen LogP contribution in [-0.4, -0.2) is 30.8 Å². The van der Waals surface area contributed by atoms with Gasteiger partial charge in [-0.3, -0.25) is 4.79 Å². The Morgan fingerprint density at radius 1 is 1.17 bits per heavy atom. The van der Waals surface area contributed by atoms with Crippen molar-refractivity contribution in [3.63, 3.8) is 0 Å². The highest BCUT2D eigenvalue weighted by atomic mass is 16.7. The van der Waals surface area contributed by atoms with E-state index >= 15 is 0 Å². The molecule has 1 heterocycles. The summed E-state index contributed by atoms with van der Waals surface area (Å²) in [6.07, 6.45) is 0.380. The number of phenols is 1. The van der Waals surface area contributed by atoms with Crippen molar-refractivity contribution in [3.8, 4) is 11.5 Å². The number of aromatic hydroxyl groups is 1. The zero-order chi connectivity index (χ0) is 16.8. The fourth-order valence-electron chi connectivity index (χ4n) is 2.33. The number of hydrogen-bond donors (Lipinski definition) is 2. The van der Waals surface area contributed by atoms with Crippen LogP contribution in [0.3, 0.4) is 0 Å². The lowest BCUT2D eigenvalue weighted by atomic mass is 10.1. The van der Waals surface area contributed by atoms with Gasteiger partial charge in [0.1, 0.15) is 11.5 Å². The Labute approximate surface area is 140 Å². The first kappa shape index (κ1) is 16.3. The third kappa shape index (κ3) is 4.24. The van der Waals surface area contributed by atoms with Crippen molar-refractivity contribution in [3.05, 3.63) is 54.1 Å². The number of anilines is 1. The van der Waals surface area contributed by atoms with Crippen LogP contribution in [-0.2, 0) is 14.3 Å². The maximum Gasteiger partial charge on any atom is 0.262 e. The number of rotatable bonds is 5. The van der Waals surface area contributed by atoms with Crippen LogP contribution in [0.15, 0.2) is 48.5 Å². The van der Waals surface area contributed by atoms with Crippen molar-refractivity contribution in [2.24, 2.45) is 0 Å². The number of carbonyl (C=O) groups is 1. The summed E-state index contributed by atoms with van der Waals surface area (Å²) < 4.78 is 16.4. The molecule has 2 aromatic rings. The van der Waals surface area contributed by atoms with Gasteiger partial charge in [-0.2, -0.15) is 0 Å². The minimum Gasteiger partial charge on any atom is -0.506 e. The van der Waals surface area contributed by atoms with E-state index in [1.165, 1.54) is 6.07 Å². The molecule has 0 saturated carbocycles. The zero-order valence-electron chi connectivity index (χ0n) is 13.1. The van der Waals surface area contributed by atoms with Crippen molar-refractivity contribution >= 4 is 11.6 Å². The van der Waals surface area contributed by atoms with Gasteiger partial charge in [0.05, 0.1) is 18.9 Å². The van der Waals surface area contributed by atoms with Crippen LogP contribution in [0.4, 0.5) is 5.69 Å². The number of para-hydroxylation sites is 1. The van der Waals surface area contributed by atoms with Gasteiger partial charge in [-0.15, -0.1) is 0 Å². The Balaban J connectivity index is 1.62. The molecule has 0 bridgehead atoms. The second kappa shape index (κ2) is 7.81. The van der Waals surface area contributed by atoms with E-state index in [1.54, 1.807) is 24.3 Å². The molecule has 0 unspecified atom stereocenters. The van der Waals surface area contributed by atoms with Crippen LogP contribution in [0.25, 0.3) is 0 Å². The predicted octanol–water partition coefficient (Wildman–Crippen LogP) is 2.85. The third-order valence-electron chi connectivity index (χ3n) is 3.51. The number of phenolic OH excluding ortho intramolecular Hbond substituents is 1. The minimum atomic E-state index is -0.476. The van der Waals surface area contributed by atoms with Crippen LogP contribution in [0.2, 0.25) is 0 Å². The molecule has 24 heavy (non-hydrogen) atoms. The molecule has 2 aromatic carbocycles. The number of amides is 1. The maximum absolute atomic E-state index is 12.0. The van der Waals surface area contributed by atoms with Gasteiger partial charge in [-0.05, 0) is 30.7 Å². The maximum atomic E-state index is 12.0. The molecule has 2 N–H and O–H groups in total. The summed E-state index contributed by atoms with van der Waals surface area (Å²) in [7, 11) is 0. The summed E-state index contributed by atoms with van der Waals surface area (Å²) in [5, 5.41) is 12.6. The molecule has 1 amide bonds. The number of hydrogen-bond acceptors (Lipinski definition) is 5. The van der Waals surface area contributed by atoms with Crippen LogP contribution in [0.1, 0.15) is 18.3 Å². The zero-order valence-corrected chi connectivity index (χ0v) is 13.1. The molecule has 0 aromatic heterocycles. The molecule has 1 aliphatic heterocycles. The molecule has 0 spiro atoms. The second-order valence-electron chi connectivity index (χ2n) is 5.35. The molecule has 6 nitrogen and oxygen atoms in total. The van der Waals surface area contributed by atoms with Crippen molar-refractivity contribution in [2.45, 2.75) is 12.7 Å². The van der Waals surface area contributed by atoms with E-state index in [0.717, 1.165) is 12.0 Å². The Morgan fingerprint density at radius 3 is 2.67 bits per heavy atom. The predicted molar refractivity (Wildman–Crippen MR) is 87.9 cm³/mol. The van der Waals surface area contributed by atoms with E-state index in [2.05, 4.69) is 5.32 Å². The number of benzene rings is 2. The van der Waals surface area contributed by atoms with Gasteiger partial charge in [0, 0.05) is 5.56 Å². The molecule has 0 radical (unpaired) electrons. The summed E-state index contributed by atoms with van der Waals surface area (Å²) in [6, 6.07) is 13.9. The van der Waals surface area contributed by atoms with E-state index in [-0.39, 0.29) is 18.3 Å². The minimum absolute atomic E-state index is 0.0254. The first-order chi connectivity index (χ1) is 11.7. The fraction of sp³-hybridized carbons (Fsp3) is 0.278. The Hall–Kier alpha value is -2.57. The van der Waals surface area contributed by atoms with Gasteiger partial charge in [-0.25, -0.2) is 0 Å². The average Bonchev–Trinajstić information content (AvgIpc) is 2.63. The van der Waals surface area contributed by atoms with E-state index in [4.69, 9.17) is 14.2 Å². The monoisotopic (exact) mass is 329 g/mol. The largest absolute Gasteiger partial charge is 0.506 e. The van der Waals surface area contributed by atoms with E-state index in [0.29, 0.717) is 24.7 Å². The molecule has 3 rings (SSSR count). The molecule has 1 aliphatic rings. The lowest BCUT2D eigenvalue weighted by Gasteiger charge is -2.24. The normalized spacial score (nSPS) is 15.0. The summed E-state index contributed by atoms with van der Waals surface area (Å²) in [6.45, 7) is 1.10. The molecule has 0 atom stereocenters. The third-order valence-corrected chi connectivity index (χ3v) is 3.51. The summed E-state index contributed by atoms with van der Waals surface area (Å²) in [5.41, 5.74) is 1.04. The number of nitrogens with one attached hydrogen (secondary N) is 1. The van der Waals surface area contributed by atoms with E-state index in [9.17, 15) is 9.90 Å². The van der Waals surface area contributed by atoms with Gasteiger partial charge < -0.3 is 24.6 Å². The second-order valence-corrected chi connectivity index (χ2v) is 5.35. The summed E-state index contributed by atoms with van der Waals surface area (Å²) >= 11 is 0. The Bertz CT molecular complexity index is 683. The van der Waals surface area contributed by atoms with Gasteiger partial charge >= 0.3 is 0 Å². The SMILES string of the molecule is O=C(COc1ccccc1)Nc1cc(C2OCCCO2)ccc1O. The summed E-state index contributed by atoms with van der Waals surface area (Å²) in [5.74, 6) is 0.217. The molecular weight excluding hydrogens is 310 g/mol. The first-order valence-corrected chi connectivity index (χ1v) is 7.76. The van der Waals surface area contributed by atoms with Gasteiger partial charge in [-0.1, -0.05) is 24.3 Å². The highest BCUT2D eigenvalue weighted by Crippen LogP contribution is 2.30. The average molecular weight is 329 g/mol. The van der Waals surface area contributed by atoms with Crippen molar-refractivity contribution in [1.29, 1.82) is 0 Å². The van der Waals surface area contributed by atoms with Crippen LogP contribution in [0, 0.1) is 0 Å². The van der Waals surface area contributed by atoms with Gasteiger partial charge in [0.25, 0.3) is 5.91 Å². The van der Waals surface area contributed by atoms with Gasteiger partial charge in [0.2, 0.25) is 0 Å². The van der Waals surface area contributed by atoms with Crippen LogP contribution in [0.5, 0.6) is 11.5 Å². The number of carbonyl (C=O) groups excluding carboxylic acids is 1. The molecule has 6 heteroatoms. The topological polar surface area (TPSA) is 77.0 Å². The van der Waals surface area contributed by atoms with Crippen LogP contribution < -0.4 is 10.1 Å². The molecule has 126 valence electrons. The highest BCUT2D eigenvalue weighted by Gasteiger charge is 2.18. The fourth-order valence-corrected chi connectivity index (χ4v) is 2.33. The van der Waals surface area contributed by atoms with Crippen molar-refractivity contribution in [1.82, 2.24) is 0 Å². The lowest BCUT2D eigenvalue weighted by molar-refractivity contribution is -0.183. The van der Waals surface area contributed by atoms with Gasteiger partial charge in [0.15, 0.2) is 12.9 Å². The van der Waals surface area contributed by atoms with Crippen molar-refractivity contribution < 1.29 is 24.1 Å². The standard InChI is InChI=1S/C18H19NO5/c20-16-8-7-13(18-22-9-4-10-23-18)11-15(16)19-17(21)12-24-14-5-2-1-3-6-14/h1-3,5-8,11,18,20H,4,9-10,12H2,(H,19,21). The first-order valence-electron chi connectivity index (χ1n) is 7.76. The van der Waals surface area contributed by atoms with Crippen molar-refractivity contribution in [2.75, 3.05) is 25.1 Å². The molecule has 1 fully saturated rings. The Kier molecular flexibility index (Phi) is 5.30. The van der Waals surface area contributed by atoms with E-state index in [1.807, 2.05) is 18.2 Å². The molecule has 0 aliphatic carbocycles. The van der Waals surface area contributed by atoms with Crippen LogP contribution >= 0.6 is 0 Å². The van der Waals surface area contributed by atoms with E-state index < -0.39 is 6.29 Å². The smallest absolute Gasteiger partial charge is 0.262 e. The highest BCUT2D eigenvalue weighted by molar-refractivity contribution is 5.93. The number of ether oxygens (including phenoxy) is 3. The Morgan fingerprint density at radius 2 is 1.92 bits per heavy atom. The molecular formula is C18H19NO5. The quantitative estimate of drug-likeness (QED) is 0.825. The lowest BCUT2D eigenvalue weighted by Crippen LogP contribution is -2.21.